The van der Waals surface area contributed by atoms with E-state index in [1.807, 2.05) is 36.4 Å². The van der Waals surface area contributed by atoms with Gasteiger partial charge in [0.05, 0.1) is 18.5 Å². The third kappa shape index (κ3) is 5.53. The van der Waals surface area contributed by atoms with E-state index in [1.54, 1.807) is 24.6 Å². The average molecular weight is 398 g/mol. The molecule has 0 spiro atoms. The largest absolute Gasteiger partial charge is 0.497 e. The Morgan fingerprint density at radius 3 is 2.64 bits per heavy atom. The van der Waals surface area contributed by atoms with Crippen molar-refractivity contribution in [3.8, 4) is 11.5 Å². The second kappa shape index (κ2) is 9.17. The van der Waals surface area contributed by atoms with Gasteiger partial charge in [-0.25, -0.2) is 4.98 Å². The van der Waals surface area contributed by atoms with Crippen molar-refractivity contribution >= 4 is 11.3 Å². The molecule has 0 aliphatic heterocycles. The molecule has 0 unspecified atom stereocenters. The molecular weight excluding hydrogens is 370 g/mol. The van der Waals surface area contributed by atoms with Crippen LogP contribution in [0.2, 0.25) is 0 Å². The minimum absolute atomic E-state index is 0.0774. The lowest BCUT2D eigenvalue weighted by atomic mass is 9.93. The zero-order valence-electron chi connectivity index (χ0n) is 16.9. The van der Waals surface area contributed by atoms with Gasteiger partial charge in [0.1, 0.15) is 23.1 Å². The number of methoxy groups -OCH3 is 1. The maximum Gasteiger partial charge on any atom is 0.130 e. The minimum Gasteiger partial charge on any atom is -0.497 e. The Labute approximate surface area is 170 Å². The fourth-order valence-electron chi connectivity index (χ4n) is 2.64. The maximum atomic E-state index is 6.00. The maximum absolute atomic E-state index is 6.00. The summed E-state index contributed by atoms with van der Waals surface area (Å²) < 4.78 is 11.4. The monoisotopic (exact) mass is 397 g/mol. The van der Waals surface area contributed by atoms with Crippen molar-refractivity contribution in [2.75, 3.05) is 7.11 Å². The Morgan fingerprint density at radius 2 is 1.96 bits per heavy atom. The van der Waals surface area contributed by atoms with E-state index < -0.39 is 0 Å². The summed E-state index contributed by atoms with van der Waals surface area (Å²) in [7, 11) is 1.67. The van der Waals surface area contributed by atoms with Crippen LogP contribution in [0, 0.1) is 0 Å². The van der Waals surface area contributed by atoms with E-state index in [1.165, 1.54) is 0 Å². The van der Waals surface area contributed by atoms with E-state index in [9.17, 15) is 0 Å². The van der Waals surface area contributed by atoms with Crippen molar-refractivity contribution in [3.63, 3.8) is 0 Å². The van der Waals surface area contributed by atoms with Crippen molar-refractivity contribution < 1.29 is 9.47 Å². The molecule has 0 saturated heterocycles. The number of hydrogen-bond acceptors (Lipinski definition) is 6. The van der Waals surface area contributed by atoms with Crippen LogP contribution in [-0.4, -0.2) is 17.1 Å². The molecule has 1 aromatic carbocycles. The van der Waals surface area contributed by atoms with Crippen molar-refractivity contribution in [2.24, 2.45) is 0 Å². The minimum atomic E-state index is 0.0774. The number of aromatic nitrogens is 2. The molecule has 1 N–H and O–H groups in total. The molecule has 148 valence electrons. The molecule has 0 aliphatic rings. The van der Waals surface area contributed by atoms with Crippen LogP contribution in [0.25, 0.3) is 0 Å². The predicted molar refractivity (Wildman–Crippen MR) is 113 cm³/mol. The quantitative estimate of drug-likeness (QED) is 0.596. The molecule has 3 rings (SSSR count). The van der Waals surface area contributed by atoms with Crippen LogP contribution in [0.1, 0.15) is 42.7 Å². The number of ether oxygens (including phenoxy) is 2. The van der Waals surface area contributed by atoms with Gasteiger partial charge in [0, 0.05) is 35.6 Å². The van der Waals surface area contributed by atoms with Gasteiger partial charge in [-0.2, -0.15) is 0 Å². The van der Waals surface area contributed by atoms with Crippen LogP contribution in [0.3, 0.4) is 0 Å². The van der Waals surface area contributed by atoms with E-state index in [0.29, 0.717) is 13.2 Å². The normalized spacial score (nSPS) is 11.4. The summed E-state index contributed by atoms with van der Waals surface area (Å²) in [6, 6.07) is 11.7. The summed E-state index contributed by atoms with van der Waals surface area (Å²) in [4.78, 5) is 9.05. The molecule has 3 aromatic rings. The highest BCUT2D eigenvalue weighted by Gasteiger charge is 2.17. The van der Waals surface area contributed by atoms with Crippen molar-refractivity contribution in [2.45, 2.75) is 45.9 Å². The third-order valence-corrected chi connectivity index (χ3v) is 5.13. The van der Waals surface area contributed by atoms with E-state index in [4.69, 9.17) is 14.5 Å². The number of rotatable bonds is 8. The summed E-state index contributed by atoms with van der Waals surface area (Å²) in [5, 5.41) is 6.70. The highest BCUT2D eigenvalue weighted by Crippen LogP contribution is 2.26. The Balaban J connectivity index is 1.63. The van der Waals surface area contributed by atoms with Gasteiger partial charge in [0.15, 0.2) is 0 Å². The van der Waals surface area contributed by atoms with Gasteiger partial charge in [0.25, 0.3) is 0 Å². The van der Waals surface area contributed by atoms with Crippen LogP contribution in [0.5, 0.6) is 11.5 Å². The van der Waals surface area contributed by atoms with Crippen molar-refractivity contribution in [1.82, 2.24) is 15.3 Å². The number of thiazole rings is 1. The van der Waals surface area contributed by atoms with Gasteiger partial charge < -0.3 is 14.8 Å². The van der Waals surface area contributed by atoms with Crippen molar-refractivity contribution in [1.29, 1.82) is 0 Å². The molecule has 6 heteroatoms. The van der Waals surface area contributed by atoms with Gasteiger partial charge in [-0.1, -0.05) is 26.8 Å². The fraction of sp³-hybridized carbons (Fsp3) is 0.364. The third-order valence-electron chi connectivity index (χ3n) is 4.28. The molecular formula is C22H27N3O2S. The average Bonchev–Trinajstić information content (AvgIpc) is 3.17. The van der Waals surface area contributed by atoms with Crippen LogP contribution in [0.15, 0.2) is 48.0 Å². The molecule has 0 bridgehead atoms. The second-order valence-electron chi connectivity index (χ2n) is 7.56. The lowest BCUT2D eigenvalue weighted by Crippen LogP contribution is -2.15. The molecule has 0 radical (unpaired) electrons. The fourth-order valence-corrected chi connectivity index (χ4v) is 3.63. The highest BCUT2D eigenvalue weighted by molar-refractivity contribution is 7.09. The van der Waals surface area contributed by atoms with E-state index >= 15 is 0 Å². The molecule has 5 nitrogen and oxygen atoms in total. The van der Waals surface area contributed by atoms with Crippen molar-refractivity contribution in [3.05, 3.63) is 69.9 Å². The van der Waals surface area contributed by atoms with Gasteiger partial charge in [-0.15, -0.1) is 11.3 Å². The molecule has 0 aliphatic carbocycles. The first-order chi connectivity index (χ1) is 13.5. The topological polar surface area (TPSA) is 56.3 Å². The van der Waals surface area contributed by atoms with E-state index in [-0.39, 0.29) is 5.41 Å². The SMILES string of the molecule is COc1ccc(OCc2ccccn2)c(CNCc2nc(C(C)(C)C)cs2)c1. The standard InChI is InChI=1S/C22H27N3O2S/c1-22(2,3)20-15-28-21(25-20)13-23-12-16-11-18(26-4)8-9-19(16)27-14-17-7-5-6-10-24-17/h5-11,15,23H,12-14H2,1-4H3. The molecule has 28 heavy (non-hydrogen) atoms. The molecule has 2 aromatic heterocycles. The first kappa shape index (κ1) is 20.3. The van der Waals surface area contributed by atoms with Gasteiger partial charge >= 0.3 is 0 Å². The van der Waals surface area contributed by atoms with E-state index in [2.05, 4.69) is 36.5 Å². The molecule has 2 heterocycles. The number of pyridine rings is 1. The summed E-state index contributed by atoms with van der Waals surface area (Å²) >= 11 is 1.69. The number of benzene rings is 1. The Bertz CT molecular complexity index is 888. The van der Waals surface area contributed by atoms with Crippen LogP contribution in [0.4, 0.5) is 0 Å². The van der Waals surface area contributed by atoms with Gasteiger partial charge in [0.2, 0.25) is 0 Å². The Hall–Kier alpha value is -2.44. The first-order valence-corrected chi connectivity index (χ1v) is 10.2. The molecule has 0 atom stereocenters. The zero-order chi connectivity index (χ0) is 20.0. The molecule has 0 fully saturated rings. The number of hydrogen-bond donors (Lipinski definition) is 1. The summed E-state index contributed by atoms with van der Waals surface area (Å²) in [5.74, 6) is 1.64. The summed E-state index contributed by atoms with van der Waals surface area (Å²) in [6.07, 6.45) is 1.77. The summed E-state index contributed by atoms with van der Waals surface area (Å²) in [5.41, 5.74) is 3.15. The van der Waals surface area contributed by atoms with Gasteiger partial charge in [-0.3, -0.25) is 4.98 Å². The second-order valence-corrected chi connectivity index (χ2v) is 8.51. The Morgan fingerprint density at radius 1 is 1.11 bits per heavy atom. The zero-order valence-corrected chi connectivity index (χ0v) is 17.7. The summed E-state index contributed by atoms with van der Waals surface area (Å²) in [6.45, 7) is 8.36. The molecule has 0 amide bonds. The number of nitrogens with zero attached hydrogens (tertiary/aromatic N) is 2. The lowest BCUT2D eigenvalue weighted by molar-refractivity contribution is 0.296. The molecule has 0 saturated carbocycles. The Kier molecular flexibility index (Phi) is 6.65. The van der Waals surface area contributed by atoms with Crippen LogP contribution in [-0.2, 0) is 25.1 Å². The van der Waals surface area contributed by atoms with Crippen LogP contribution < -0.4 is 14.8 Å². The van der Waals surface area contributed by atoms with E-state index in [0.717, 1.165) is 40.0 Å². The smallest absolute Gasteiger partial charge is 0.130 e. The lowest BCUT2D eigenvalue weighted by Gasteiger charge is -2.14. The van der Waals surface area contributed by atoms with Crippen LogP contribution >= 0.6 is 11.3 Å². The predicted octanol–water partition coefficient (Wildman–Crippen LogP) is 4.71. The highest BCUT2D eigenvalue weighted by atomic mass is 32.1. The van der Waals surface area contributed by atoms with Gasteiger partial charge in [-0.05, 0) is 30.3 Å². The number of nitrogens with one attached hydrogen (secondary N) is 1. The first-order valence-electron chi connectivity index (χ1n) is 9.31.